The molecule has 0 spiro atoms. The number of anilines is 3. The van der Waals surface area contributed by atoms with Crippen LogP contribution in [0.5, 0.6) is 0 Å². The minimum atomic E-state index is -0.383. The van der Waals surface area contributed by atoms with E-state index in [1.54, 1.807) is 18.2 Å². The van der Waals surface area contributed by atoms with E-state index in [2.05, 4.69) is 38.4 Å². The summed E-state index contributed by atoms with van der Waals surface area (Å²) in [5, 5.41) is 5.84. The van der Waals surface area contributed by atoms with Crippen LogP contribution in [0.4, 0.5) is 17.1 Å². The maximum Gasteiger partial charge on any atom is 0.248 e. The van der Waals surface area contributed by atoms with Crippen LogP contribution in [-0.2, 0) is 9.59 Å². The topological polar surface area (TPSA) is 87.5 Å². The third-order valence-corrected chi connectivity index (χ3v) is 6.61. The summed E-state index contributed by atoms with van der Waals surface area (Å²) in [6.07, 6.45) is 4.29. The molecule has 1 fully saturated rings. The summed E-state index contributed by atoms with van der Waals surface area (Å²) >= 11 is 3.43. The lowest BCUT2D eigenvalue weighted by Crippen LogP contribution is -2.36. The van der Waals surface area contributed by atoms with Gasteiger partial charge in [0.25, 0.3) is 0 Å². The molecular weight excluding hydrogens is 504 g/mol. The smallest absolute Gasteiger partial charge is 0.248 e. The van der Waals surface area contributed by atoms with Crippen molar-refractivity contribution in [2.45, 2.75) is 19.4 Å². The highest BCUT2D eigenvalue weighted by atomic mass is 79.9. The fraction of sp³-hybridized carbons (Fsp3) is 0.214. The lowest BCUT2D eigenvalue weighted by Gasteiger charge is -2.27. The Morgan fingerprint density at radius 2 is 1.74 bits per heavy atom. The van der Waals surface area contributed by atoms with Crippen LogP contribution in [0.1, 0.15) is 30.5 Å². The van der Waals surface area contributed by atoms with Crippen LogP contribution in [-0.4, -0.2) is 29.8 Å². The molecule has 0 aliphatic carbocycles. The van der Waals surface area contributed by atoms with Crippen LogP contribution in [0.2, 0.25) is 0 Å². The Balaban J connectivity index is 1.47. The third-order valence-electron chi connectivity index (χ3n) is 6.08. The molecule has 1 saturated heterocycles. The Morgan fingerprint density at radius 3 is 2.40 bits per heavy atom. The lowest BCUT2D eigenvalue weighted by atomic mass is 10.0. The molecule has 2 atom stereocenters. The highest BCUT2D eigenvalue weighted by Gasteiger charge is 2.32. The first-order valence-electron chi connectivity index (χ1n) is 11.6. The van der Waals surface area contributed by atoms with Gasteiger partial charge in [0.1, 0.15) is 6.04 Å². The van der Waals surface area contributed by atoms with Gasteiger partial charge in [-0.25, -0.2) is 0 Å². The van der Waals surface area contributed by atoms with Gasteiger partial charge in [-0.3, -0.25) is 14.5 Å². The number of nitrogen functional groups attached to an aromatic ring is 1. The van der Waals surface area contributed by atoms with Crippen LogP contribution >= 0.6 is 15.9 Å². The molecule has 1 aliphatic rings. The van der Waals surface area contributed by atoms with E-state index in [4.69, 9.17) is 5.73 Å². The van der Waals surface area contributed by atoms with E-state index in [0.717, 1.165) is 40.8 Å². The molecular formula is C28H29BrN4O2. The average molecular weight is 533 g/mol. The molecule has 1 heterocycles. The normalized spacial score (nSPS) is 16.8. The molecule has 35 heavy (non-hydrogen) atoms. The molecule has 2 amide bonds. The predicted octanol–water partition coefficient (Wildman–Crippen LogP) is 5.70. The number of likely N-dealkylation sites (tertiary alicyclic amines) is 1. The molecule has 1 aliphatic heterocycles. The summed E-state index contributed by atoms with van der Waals surface area (Å²) in [6.45, 7) is 3.97. The van der Waals surface area contributed by atoms with Crippen molar-refractivity contribution in [3.8, 4) is 0 Å². The Bertz CT molecular complexity index is 1210. The number of benzene rings is 3. The fourth-order valence-electron chi connectivity index (χ4n) is 4.22. The number of hydrogen-bond donors (Lipinski definition) is 3. The number of nitrogens with zero attached hydrogens (tertiary/aromatic N) is 1. The summed E-state index contributed by atoms with van der Waals surface area (Å²) in [4.78, 5) is 27.9. The van der Waals surface area contributed by atoms with Crippen molar-refractivity contribution >= 4 is 50.9 Å². The Morgan fingerprint density at radius 1 is 1.03 bits per heavy atom. The number of carbonyl (C=O) groups is 2. The van der Waals surface area contributed by atoms with Crippen LogP contribution < -0.4 is 16.4 Å². The number of para-hydroxylation sites is 2. The molecule has 0 bridgehead atoms. The van der Waals surface area contributed by atoms with E-state index in [9.17, 15) is 9.59 Å². The first-order valence-corrected chi connectivity index (χ1v) is 12.4. The summed E-state index contributed by atoms with van der Waals surface area (Å²) in [5.74, 6) is 0.242. The molecule has 4 N–H and O–H groups in total. The first kappa shape index (κ1) is 24.7. The lowest BCUT2D eigenvalue weighted by molar-refractivity contribution is -0.121. The SMILES string of the molecule is CC1CCN(C(C(=O)Nc2ccc(Br)cc2)c2ccc(/C=C/C(=O)Nc3ccccc3N)cc2)C1. The highest BCUT2D eigenvalue weighted by Crippen LogP contribution is 2.29. The average Bonchev–Trinajstić information content (AvgIpc) is 3.27. The number of halogens is 1. The molecule has 0 saturated carbocycles. The van der Waals surface area contributed by atoms with Gasteiger partial charge in [0.2, 0.25) is 11.8 Å². The third kappa shape index (κ3) is 6.59. The van der Waals surface area contributed by atoms with Gasteiger partial charge in [-0.05, 0) is 72.5 Å². The Kier molecular flexibility index (Phi) is 8.00. The van der Waals surface area contributed by atoms with Crippen molar-refractivity contribution < 1.29 is 9.59 Å². The van der Waals surface area contributed by atoms with Gasteiger partial charge in [0.15, 0.2) is 0 Å². The number of carbonyl (C=O) groups excluding carboxylic acids is 2. The monoisotopic (exact) mass is 532 g/mol. The van der Waals surface area contributed by atoms with Crippen LogP contribution in [0.15, 0.2) is 83.3 Å². The highest BCUT2D eigenvalue weighted by molar-refractivity contribution is 9.10. The van der Waals surface area contributed by atoms with Crippen molar-refractivity contribution in [2.75, 3.05) is 29.5 Å². The van der Waals surface area contributed by atoms with Crippen molar-refractivity contribution in [3.05, 3.63) is 94.5 Å². The molecule has 3 aromatic carbocycles. The summed E-state index contributed by atoms with van der Waals surface area (Å²) in [7, 11) is 0. The van der Waals surface area contributed by atoms with Gasteiger partial charge < -0.3 is 16.4 Å². The Hall–Kier alpha value is -3.42. The molecule has 6 nitrogen and oxygen atoms in total. The molecule has 0 aromatic heterocycles. The zero-order valence-electron chi connectivity index (χ0n) is 19.6. The second-order valence-corrected chi connectivity index (χ2v) is 9.78. The number of rotatable bonds is 7. The fourth-order valence-corrected chi connectivity index (χ4v) is 4.49. The standard InChI is InChI=1S/C28H29BrN4O2/c1-19-16-17-33(18-19)27(28(35)31-23-13-11-22(29)12-14-23)21-9-6-20(7-10-21)8-15-26(34)32-25-5-3-2-4-24(25)30/h2-15,19,27H,16-18,30H2,1H3,(H,31,35)(H,32,34)/b15-8+. The number of nitrogens with one attached hydrogen (secondary N) is 2. The largest absolute Gasteiger partial charge is 0.397 e. The maximum absolute atomic E-state index is 13.4. The van der Waals surface area contributed by atoms with Crippen LogP contribution in [0.25, 0.3) is 6.08 Å². The van der Waals surface area contributed by atoms with Gasteiger partial charge in [0, 0.05) is 22.8 Å². The van der Waals surface area contributed by atoms with Gasteiger partial charge in [-0.15, -0.1) is 0 Å². The summed E-state index contributed by atoms with van der Waals surface area (Å²) in [6, 6.07) is 22.1. The second kappa shape index (κ2) is 11.3. The van der Waals surface area contributed by atoms with E-state index in [-0.39, 0.29) is 17.9 Å². The first-order chi connectivity index (χ1) is 16.9. The zero-order chi connectivity index (χ0) is 24.8. The van der Waals surface area contributed by atoms with Crippen molar-refractivity contribution in [1.82, 2.24) is 4.90 Å². The van der Waals surface area contributed by atoms with Crippen LogP contribution in [0, 0.1) is 5.92 Å². The summed E-state index contributed by atoms with van der Waals surface area (Å²) in [5.41, 5.74) is 9.53. The minimum absolute atomic E-state index is 0.0513. The van der Waals surface area contributed by atoms with Crippen molar-refractivity contribution in [1.29, 1.82) is 0 Å². The number of nitrogens with two attached hydrogens (primary N) is 1. The zero-order valence-corrected chi connectivity index (χ0v) is 21.2. The van der Waals surface area contributed by atoms with Crippen molar-refractivity contribution in [2.24, 2.45) is 5.92 Å². The van der Waals surface area contributed by atoms with Gasteiger partial charge in [-0.1, -0.05) is 59.3 Å². The van der Waals surface area contributed by atoms with E-state index >= 15 is 0 Å². The molecule has 7 heteroatoms. The summed E-state index contributed by atoms with van der Waals surface area (Å²) < 4.78 is 0.963. The van der Waals surface area contributed by atoms with Gasteiger partial charge in [-0.2, -0.15) is 0 Å². The van der Waals surface area contributed by atoms with E-state index < -0.39 is 0 Å². The van der Waals surface area contributed by atoms with Crippen molar-refractivity contribution in [3.63, 3.8) is 0 Å². The van der Waals surface area contributed by atoms with E-state index in [0.29, 0.717) is 17.3 Å². The van der Waals surface area contributed by atoms with Crippen LogP contribution in [0.3, 0.4) is 0 Å². The maximum atomic E-state index is 13.4. The predicted molar refractivity (Wildman–Crippen MR) is 146 cm³/mol. The molecule has 180 valence electrons. The van der Waals surface area contributed by atoms with Gasteiger partial charge >= 0.3 is 0 Å². The number of amides is 2. The molecule has 3 aromatic rings. The quantitative estimate of drug-likeness (QED) is 0.269. The molecule has 4 rings (SSSR count). The molecule has 2 unspecified atom stereocenters. The Labute approximate surface area is 214 Å². The van der Waals surface area contributed by atoms with E-state index in [1.807, 2.05) is 60.7 Å². The minimum Gasteiger partial charge on any atom is -0.397 e. The second-order valence-electron chi connectivity index (χ2n) is 8.86. The number of hydrogen-bond acceptors (Lipinski definition) is 4. The van der Waals surface area contributed by atoms with E-state index in [1.165, 1.54) is 6.08 Å². The van der Waals surface area contributed by atoms with Gasteiger partial charge in [0.05, 0.1) is 11.4 Å². The molecule has 0 radical (unpaired) electrons.